The maximum absolute atomic E-state index is 14.2. The van der Waals surface area contributed by atoms with E-state index in [0.29, 0.717) is 18.7 Å². The van der Waals surface area contributed by atoms with Gasteiger partial charge >= 0.3 is 0 Å². The van der Waals surface area contributed by atoms with E-state index in [1.165, 1.54) is 12.1 Å². The third kappa shape index (κ3) is 3.65. The number of halogens is 4. The Morgan fingerprint density at radius 1 is 1.25 bits per heavy atom. The van der Waals surface area contributed by atoms with Crippen LogP contribution in [0.2, 0.25) is 0 Å². The van der Waals surface area contributed by atoms with Gasteiger partial charge in [0.15, 0.2) is 0 Å². The average Bonchev–Trinajstić information content (AvgIpc) is 2.43. The summed E-state index contributed by atoms with van der Waals surface area (Å²) in [5.41, 5.74) is 0.412. The quantitative estimate of drug-likeness (QED) is 0.920. The molecule has 1 saturated heterocycles. The van der Waals surface area contributed by atoms with Crippen LogP contribution in [0.3, 0.4) is 0 Å². The molecule has 2 nitrogen and oxygen atoms in total. The van der Waals surface area contributed by atoms with Gasteiger partial charge in [-0.2, -0.15) is 0 Å². The van der Waals surface area contributed by atoms with E-state index in [0.717, 1.165) is 13.1 Å². The fourth-order valence-corrected chi connectivity index (χ4v) is 2.59. The van der Waals surface area contributed by atoms with Gasteiger partial charge in [-0.25, -0.2) is 8.78 Å². The van der Waals surface area contributed by atoms with Gasteiger partial charge in [0.1, 0.15) is 11.6 Å². The molecule has 114 valence electrons. The second-order valence-electron chi connectivity index (χ2n) is 4.87. The zero-order chi connectivity index (χ0) is 13.8. The summed E-state index contributed by atoms with van der Waals surface area (Å²) in [5.74, 6) is -1.13. The van der Waals surface area contributed by atoms with E-state index in [-0.39, 0.29) is 24.4 Å². The Morgan fingerprint density at radius 3 is 2.50 bits per heavy atom. The Hall–Kier alpha value is -0.780. The molecule has 0 spiro atoms. The van der Waals surface area contributed by atoms with Gasteiger partial charge in [-0.1, -0.05) is 6.07 Å². The lowest BCUT2D eigenvalue weighted by Gasteiger charge is -2.35. The molecule has 1 aliphatic heterocycles. The van der Waals surface area contributed by atoms with Crippen molar-refractivity contribution < 1.29 is 13.2 Å². The third-order valence-electron chi connectivity index (χ3n) is 3.63. The molecule has 1 atom stereocenters. The average molecular weight is 309 g/mol. The fraction of sp³-hybridized carbons (Fsp3) is 0.571. The van der Waals surface area contributed by atoms with Crippen LogP contribution in [0, 0.1) is 18.6 Å². The van der Waals surface area contributed by atoms with Crippen LogP contribution in [0.5, 0.6) is 0 Å². The summed E-state index contributed by atoms with van der Waals surface area (Å²) < 4.78 is 40.9. The first-order valence-electron chi connectivity index (χ1n) is 6.60. The highest BCUT2D eigenvalue weighted by molar-refractivity contribution is 5.85. The van der Waals surface area contributed by atoms with Gasteiger partial charge in [0, 0.05) is 37.8 Å². The van der Waals surface area contributed by atoms with E-state index in [4.69, 9.17) is 0 Å². The molecule has 2 rings (SSSR count). The molecule has 6 heteroatoms. The van der Waals surface area contributed by atoms with E-state index in [9.17, 15) is 13.2 Å². The molecule has 0 aromatic heterocycles. The number of alkyl halides is 1. The van der Waals surface area contributed by atoms with Crippen molar-refractivity contribution in [3.05, 3.63) is 34.9 Å². The Morgan fingerprint density at radius 2 is 1.90 bits per heavy atom. The lowest BCUT2D eigenvalue weighted by atomic mass is 9.98. The predicted molar refractivity (Wildman–Crippen MR) is 76.1 cm³/mol. The summed E-state index contributed by atoms with van der Waals surface area (Å²) in [6, 6.07) is 2.16. The molecule has 0 saturated carbocycles. The van der Waals surface area contributed by atoms with Gasteiger partial charge in [-0.05, 0) is 25.0 Å². The predicted octanol–water partition coefficient (Wildman–Crippen LogP) is 3.00. The number of hydrogen-bond donors (Lipinski definition) is 1. The van der Waals surface area contributed by atoms with Crippen molar-refractivity contribution in [3.63, 3.8) is 0 Å². The normalized spacial score (nSPS) is 17.6. The van der Waals surface area contributed by atoms with Gasteiger partial charge in [-0.15, -0.1) is 12.4 Å². The highest BCUT2D eigenvalue weighted by Crippen LogP contribution is 2.30. The zero-order valence-electron chi connectivity index (χ0n) is 11.5. The highest BCUT2D eigenvalue weighted by Gasteiger charge is 2.27. The van der Waals surface area contributed by atoms with Crippen LogP contribution in [0.25, 0.3) is 0 Å². The molecule has 1 aromatic rings. The SMILES string of the molecule is Cc1ccc(F)c([C@@H](CCF)N2CCNCC2)c1F.Cl. The van der Waals surface area contributed by atoms with Crippen molar-refractivity contribution >= 4 is 12.4 Å². The monoisotopic (exact) mass is 308 g/mol. The van der Waals surface area contributed by atoms with Crippen molar-refractivity contribution in [2.45, 2.75) is 19.4 Å². The van der Waals surface area contributed by atoms with Crippen molar-refractivity contribution in [3.8, 4) is 0 Å². The van der Waals surface area contributed by atoms with Gasteiger partial charge in [-0.3, -0.25) is 9.29 Å². The van der Waals surface area contributed by atoms with Crippen LogP contribution in [0.15, 0.2) is 12.1 Å². The summed E-state index contributed by atoms with van der Waals surface area (Å²) in [6.45, 7) is 3.90. The number of rotatable bonds is 4. The van der Waals surface area contributed by atoms with Crippen LogP contribution in [0.4, 0.5) is 13.2 Å². The van der Waals surface area contributed by atoms with E-state index in [1.807, 2.05) is 4.90 Å². The molecule has 0 radical (unpaired) electrons. The number of nitrogens with zero attached hydrogens (tertiary/aromatic N) is 1. The highest BCUT2D eigenvalue weighted by atomic mass is 35.5. The van der Waals surface area contributed by atoms with E-state index >= 15 is 0 Å². The maximum atomic E-state index is 14.2. The lowest BCUT2D eigenvalue weighted by molar-refractivity contribution is 0.151. The Bertz CT molecular complexity index is 437. The third-order valence-corrected chi connectivity index (χ3v) is 3.63. The number of nitrogens with one attached hydrogen (secondary N) is 1. The molecule has 0 amide bonds. The van der Waals surface area contributed by atoms with E-state index in [1.54, 1.807) is 6.92 Å². The second-order valence-corrected chi connectivity index (χ2v) is 4.87. The zero-order valence-corrected chi connectivity index (χ0v) is 12.3. The van der Waals surface area contributed by atoms with E-state index < -0.39 is 24.4 Å². The molecule has 1 fully saturated rings. The summed E-state index contributed by atoms with van der Waals surface area (Å²) >= 11 is 0. The molecule has 0 aliphatic carbocycles. The summed E-state index contributed by atoms with van der Waals surface area (Å²) in [6.07, 6.45) is 0.122. The number of aryl methyl sites for hydroxylation is 1. The first-order chi connectivity index (χ1) is 9.15. The second kappa shape index (κ2) is 7.86. The maximum Gasteiger partial charge on any atom is 0.133 e. The van der Waals surface area contributed by atoms with Crippen LogP contribution in [0.1, 0.15) is 23.6 Å². The largest absolute Gasteiger partial charge is 0.314 e. The molecule has 1 aliphatic rings. The van der Waals surface area contributed by atoms with Gasteiger partial charge in [0.2, 0.25) is 0 Å². The molecule has 1 aromatic carbocycles. The minimum Gasteiger partial charge on any atom is -0.314 e. The van der Waals surface area contributed by atoms with Crippen LogP contribution in [-0.4, -0.2) is 37.8 Å². The molecular formula is C14H20ClF3N2. The van der Waals surface area contributed by atoms with Crippen LogP contribution in [-0.2, 0) is 0 Å². The fourth-order valence-electron chi connectivity index (χ4n) is 2.59. The Kier molecular flexibility index (Phi) is 6.79. The number of piperazine rings is 1. The van der Waals surface area contributed by atoms with Gasteiger partial charge in [0.05, 0.1) is 6.67 Å². The van der Waals surface area contributed by atoms with Crippen LogP contribution >= 0.6 is 12.4 Å². The van der Waals surface area contributed by atoms with Crippen LogP contribution < -0.4 is 5.32 Å². The Balaban J connectivity index is 0.00000200. The molecule has 0 bridgehead atoms. The lowest BCUT2D eigenvalue weighted by Crippen LogP contribution is -2.45. The van der Waals surface area contributed by atoms with Crippen molar-refractivity contribution in [1.29, 1.82) is 0 Å². The summed E-state index contributed by atoms with van der Waals surface area (Å²) in [5, 5.41) is 3.18. The summed E-state index contributed by atoms with van der Waals surface area (Å²) in [4.78, 5) is 1.96. The number of hydrogen-bond acceptors (Lipinski definition) is 2. The molecule has 0 unspecified atom stereocenters. The van der Waals surface area contributed by atoms with Crippen molar-refractivity contribution in [2.24, 2.45) is 0 Å². The minimum atomic E-state index is -0.583. The molecule has 20 heavy (non-hydrogen) atoms. The first-order valence-corrected chi connectivity index (χ1v) is 6.60. The van der Waals surface area contributed by atoms with E-state index in [2.05, 4.69) is 5.32 Å². The van der Waals surface area contributed by atoms with Gasteiger partial charge < -0.3 is 5.32 Å². The Labute approximate surface area is 123 Å². The molecule has 1 heterocycles. The summed E-state index contributed by atoms with van der Waals surface area (Å²) in [7, 11) is 0. The smallest absolute Gasteiger partial charge is 0.133 e. The molecular weight excluding hydrogens is 289 g/mol. The van der Waals surface area contributed by atoms with Gasteiger partial charge in [0.25, 0.3) is 0 Å². The minimum absolute atomic E-state index is 0. The first kappa shape index (κ1) is 17.3. The standard InChI is InChI=1S/C14H19F3N2.ClH/c1-10-2-3-11(16)13(14(10)17)12(4-5-15)19-8-6-18-7-9-19;/h2-3,12,18H,4-9H2,1H3;1H/t12-;/m1./s1. The molecule has 1 N–H and O–H groups in total. The topological polar surface area (TPSA) is 15.3 Å². The van der Waals surface area contributed by atoms with Crippen molar-refractivity contribution in [1.82, 2.24) is 10.2 Å². The number of benzene rings is 1. The van der Waals surface area contributed by atoms with Crippen molar-refractivity contribution in [2.75, 3.05) is 32.9 Å².